The van der Waals surface area contributed by atoms with Gasteiger partial charge in [0.05, 0.1) is 22.9 Å². The van der Waals surface area contributed by atoms with E-state index in [1.54, 1.807) is 12.1 Å². The first kappa shape index (κ1) is 22.6. The Labute approximate surface area is 186 Å². The zero-order chi connectivity index (χ0) is 22.3. The molecule has 0 saturated heterocycles. The van der Waals surface area contributed by atoms with E-state index in [0.717, 1.165) is 17.8 Å². The molecule has 9 heteroatoms. The van der Waals surface area contributed by atoms with Crippen molar-refractivity contribution in [1.82, 2.24) is 4.98 Å². The number of aromatic nitrogens is 1. The summed E-state index contributed by atoms with van der Waals surface area (Å²) in [6.45, 7) is 2.70. The van der Waals surface area contributed by atoms with Gasteiger partial charge in [-0.1, -0.05) is 30.3 Å². The summed E-state index contributed by atoms with van der Waals surface area (Å²) < 4.78 is 50.1. The van der Waals surface area contributed by atoms with Crippen LogP contribution in [0.25, 0.3) is 0 Å². The summed E-state index contributed by atoms with van der Waals surface area (Å²) in [5.41, 5.74) is 3.51. The molecule has 0 fully saturated rings. The zero-order valence-electron chi connectivity index (χ0n) is 16.5. The molecule has 1 N–H and O–H groups in total. The molecule has 162 valence electrons. The smallest absolute Gasteiger partial charge is 0.417 e. The number of nitrogens with zero attached hydrogens (tertiary/aromatic N) is 2. The maximum absolute atomic E-state index is 12.6. The molecule has 0 aliphatic carbocycles. The van der Waals surface area contributed by atoms with Gasteiger partial charge in [0.2, 0.25) is 0 Å². The molecule has 1 heterocycles. The van der Waals surface area contributed by atoms with Gasteiger partial charge < -0.3 is 9.47 Å². The Bertz CT molecular complexity index is 1030. The lowest BCUT2D eigenvalue weighted by Gasteiger charge is -2.14. The number of nitrogens with one attached hydrogen (secondary N) is 1. The summed E-state index contributed by atoms with van der Waals surface area (Å²) in [6.07, 6.45) is -2.17. The van der Waals surface area contributed by atoms with Gasteiger partial charge in [0, 0.05) is 6.20 Å². The molecule has 0 saturated carbocycles. The largest absolute Gasteiger partial charge is 0.490 e. The number of alkyl halides is 3. The third-order valence-corrected chi connectivity index (χ3v) is 4.63. The minimum absolute atomic E-state index is 0.191. The van der Waals surface area contributed by atoms with Crippen molar-refractivity contribution in [3.63, 3.8) is 0 Å². The molecule has 0 aliphatic rings. The van der Waals surface area contributed by atoms with Gasteiger partial charge in [-0.15, -0.1) is 0 Å². The normalized spacial score (nSPS) is 11.5. The van der Waals surface area contributed by atoms with E-state index in [-0.39, 0.29) is 5.82 Å². The molecule has 3 aromatic rings. The number of hydrogen-bond donors (Lipinski definition) is 1. The van der Waals surface area contributed by atoms with Crippen molar-refractivity contribution in [3.8, 4) is 11.5 Å². The molecule has 0 spiro atoms. The summed E-state index contributed by atoms with van der Waals surface area (Å²) in [7, 11) is 0. The lowest BCUT2D eigenvalue weighted by atomic mass is 10.2. The second-order valence-corrected chi connectivity index (χ2v) is 7.19. The van der Waals surface area contributed by atoms with Crippen LogP contribution in [0.2, 0.25) is 0 Å². The Hall–Kier alpha value is -3.07. The average Bonchev–Trinajstić information content (AvgIpc) is 2.74. The highest BCUT2D eigenvalue weighted by molar-refractivity contribution is 9.10. The van der Waals surface area contributed by atoms with Crippen molar-refractivity contribution in [2.24, 2.45) is 5.10 Å². The van der Waals surface area contributed by atoms with Gasteiger partial charge in [-0.2, -0.15) is 18.3 Å². The van der Waals surface area contributed by atoms with Crippen LogP contribution in [-0.4, -0.2) is 17.8 Å². The van der Waals surface area contributed by atoms with E-state index >= 15 is 0 Å². The third-order valence-electron chi connectivity index (χ3n) is 4.04. The third kappa shape index (κ3) is 6.45. The van der Waals surface area contributed by atoms with Gasteiger partial charge in [0.25, 0.3) is 0 Å². The Kier molecular flexibility index (Phi) is 7.51. The zero-order valence-corrected chi connectivity index (χ0v) is 18.1. The number of halogens is 4. The molecule has 3 rings (SSSR count). The number of hydrazone groups is 1. The van der Waals surface area contributed by atoms with Gasteiger partial charge in [-0.25, -0.2) is 4.98 Å². The molecular weight excluding hydrogens is 475 g/mol. The standard InChI is InChI=1S/C22H19BrF3N3O2/c1-2-30-19-11-16(10-18(23)21(19)31-14-15-6-4-3-5-7-15)12-28-29-20-9-8-17(13-27-20)22(24,25)26/h3-13H,2,14H2,1H3,(H,27,29)/b28-12-. The predicted molar refractivity (Wildman–Crippen MR) is 117 cm³/mol. The van der Waals surface area contributed by atoms with Crippen molar-refractivity contribution in [2.45, 2.75) is 19.7 Å². The maximum atomic E-state index is 12.6. The molecule has 0 bridgehead atoms. The van der Waals surface area contributed by atoms with Crippen molar-refractivity contribution in [2.75, 3.05) is 12.0 Å². The quantitative estimate of drug-likeness (QED) is 0.296. The number of benzene rings is 2. The highest BCUT2D eigenvalue weighted by atomic mass is 79.9. The number of anilines is 1. The van der Waals surface area contributed by atoms with E-state index in [2.05, 4.69) is 31.4 Å². The Balaban J connectivity index is 1.71. The molecule has 0 aliphatic heterocycles. The fraction of sp³-hybridized carbons (Fsp3) is 0.182. The predicted octanol–water partition coefficient (Wildman–Crippen LogP) is 6.29. The molecule has 0 amide bonds. The van der Waals surface area contributed by atoms with E-state index in [0.29, 0.717) is 34.7 Å². The van der Waals surface area contributed by atoms with Gasteiger partial charge in [-0.05, 0) is 58.2 Å². The van der Waals surface area contributed by atoms with Crippen LogP contribution in [0.15, 0.2) is 70.4 Å². The van der Waals surface area contributed by atoms with Gasteiger partial charge in [-0.3, -0.25) is 5.43 Å². The van der Waals surface area contributed by atoms with Crippen molar-refractivity contribution in [3.05, 3.63) is 82.0 Å². The SMILES string of the molecule is CCOc1cc(/C=N\Nc2ccc(C(F)(F)F)cn2)cc(Br)c1OCc1ccccc1. The highest BCUT2D eigenvalue weighted by Gasteiger charge is 2.30. The van der Waals surface area contributed by atoms with Crippen LogP contribution in [0.5, 0.6) is 11.5 Å². The van der Waals surface area contributed by atoms with Crippen LogP contribution in [0.4, 0.5) is 19.0 Å². The van der Waals surface area contributed by atoms with E-state index < -0.39 is 11.7 Å². The first-order chi connectivity index (χ1) is 14.9. The van der Waals surface area contributed by atoms with Crippen LogP contribution in [0, 0.1) is 0 Å². The molecule has 0 atom stereocenters. The summed E-state index contributed by atoms with van der Waals surface area (Å²) in [5.74, 6) is 1.30. The number of ether oxygens (including phenoxy) is 2. The van der Waals surface area contributed by atoms with Crippen LogP contribution in [0.3, 0.4) is 0 Å². The van der Waals surface area contributed by atoms with Crippen molar-refractivity contribution in [1.29, 1.82) is 0 Å². The number of pyridine rings is 1. The molecule has 2 aromatic carbocycles. The minimum atomic E-state index is -4.43. The van der Waals surface area contributed by atoms with Crippen LogP contribution in [0.1, 0.15) is 23.6 Å². The molecule has 1 aromatic heterocycles. The maximum Gasteiger partial charge on any atom is 0.417 e. The van der Waals surface area contributed by atoms with Crippen LogP contribution >= 0.6 is 15.9 Å². The first-order valence-electron chi connectivity index (χ1n) is 9.32. The molecule has 5 nitrogen and oxygen atoms in total. The molecular formula is C22H19BrF3N3O2. The molecule has 31 heavy (non-hydrogen) atoms. The average molecular weight is 494 g/mol. The van der Waals surface area contributed by atoms with E-state index in [4.69, 9.17) is 9.47 Å². The van der Waals surface area contributed by atoms with Gasteiger partial charge in [0.1, 0.15) is 12.4 Å². The summed E-state index contributed by atoms with van der Waals surface area (Å²) in [5, 5.41) is 4.03. The Morgan fingerprint density at radius 3 is 2.52 bits per heavy atom. The molecule has 0 unspecified atom stereocenters. The van der Waals surface area contributed by atoms with Crippen LogP contribution in [-0.2, 0) is 12.8 Å². The fourth-order valence-corrected chi connectivity index (χ4v) is 3.17. The van der Waals surface area contributed by atoms with Gasteiger partial charge >= 0.3 is 6.18 Å². The molecule has 0 radical (unpaired) electrons. The Morgan fingerprint density at radius 2 is 1.87 bits per heavy atom. The fourth-order valence-electron chi connectivity index (χ4n) is 2.60. The summed E-state index contributed by atoms with van der Waals surface area (Å²) in [6, 6.07) is 15.5. The van der Waals surface area contributed by atoms with Crippen molar-refractivity contribution < 1.29 is 22.6 Å². The summed E-state index contributed by atoms with van der Waals surface area (Å²) in [4.78, 5) is 3.71. The monoisotopic (exact) mass is 493 g/mol. The number of rotatable bonds is 8. The van der Waals surface area contributed by atoms with Crippen molar-refractivity contribution >= 4 is 28.0 Å². The van der Waals surface area contributed by atoms with E-state index in [9.17, 15) is 13.2 Å². The van der Waals surface area contributed by atoms with E-state index in [1.165, 1.54) is 12.3 Å². The Morgan fingerprint density at radius 1 is 1.10 bits per heavy atom. The highest BCUT2D eigenvalue weighted by Crippen LogP contribution is 2.37. The lowest BCUT2D eigenvalue weighted by Crippen LogP contribution is -2.05. The van der Waals surface area contributed by atoms with E-state index in [1.807, 2.05) is 37.3 Å². The minimum Gasteiger partial charge on any atom is -0.490 e. The number of hydrogen-bond acceptors (Lipinski definition) is 5. The van der Waals surface area contributed by atoms with Crippen LogP contribution < -0.4 is 14.9 Å². The first-order valence-corrected chi connectivity index (χ1v) is 10.1. The second kappa shape index (κ2) is 10.3. The second-order valence-electron chi connectivity index (χ2n) is 6.34. The topological polar surface area (TPSA) is 55.7 Å². The summed E-state index contributed by atoms with van der Waals surface area (Å²) >= 11 is 3.50. The van der Waals surface area contributed by atoms with Gasteiger partial charge in [0.15, 0.2) is 11.5 Å². The lowest BCUT2D eigenvalue weighted by molar-refractivity contribution is -0.137.